The molecule has 0 radical (unpaired) electrons. The Morgan fingerprint density at radius 1 is 0.526 bits per heavy atom. The molecule has 0 aliphatic carbocycles. The van der Waals surface area contributed by atoms with Crippen molar-refractivity contribution in [1.29, 1.82) is 0 Å². The highest BCUT2D eigenvalue weighted by atomic mass is 16.7. The summed E-state index contributed by atoms with van der Waals surface area (Å²) in [6.45, 7) is 1.64. The molecule has 0 fully saturated rings. The van der Waals surface area contributed by atoms with Crippen LogP contribution >= 0.6 is 0 Å². The molecule has 2 aliphatic heterocycles. The molecule has 6 nitrogen and oxygen atoms in total. The van der Waals surface area contributed by atoms with E-state index in [1.165, 1.54) is 0 Å². The van der Waals surface area contributed by atoms with Gasteiger partial charge >= 0.3 is 0 Å². The van der Waals surface area contributed by atoms with Gasteiger partial charge in [-0.25, -0.2) is 0 Å². The Labute approximate surface area is 222 Å². The fourth-order valence-corrected chi connectivity index (χ4v) is 4.84. The van der Waals surface area contributed by atoms with E-state index in [9.17, 15) is 0 Å². The third-order valence-corrected chi connectivity index (χ3v) is 6.77. The summed E-state index contributed by atoms with van der Waals surface area (Å²) in [6, 6.07) is 24.6. The summed E-state index contributed by atoms with van der Waals surface area (Å²) >= 11 is 0. The molecule has 4 aromatic carbocycles. The number of nitrogens with two attached hydrogens (primary N) is 2. The molecule has 190 valence electrons. The van der Waals surface area contributed by atoms with Crippen LogP contribution in [0.5, 0.6) is 23.0 Å². The standard InChI is InChI=1S/C32H28N2O4/c33-13-11-25-15-29-31(37-19-35-29)17-27(25)23-7-3-21(4-8-23)1-2-22-5-9-24(10-6-22)28-18-32-30(36-20-38-32)16-26(28)12-14-34/h3-10,15-18H,11-14,19-20,33-34H2. The minimum absolute atomic E-state index is 0.252. The number of fused-ring (bicyclic) bond motifs is 2. The Kier molecular flexibility index (Phi) is 6.62. The van der Waals surface area contributed by atoms with Gasteiger partial charge in [0, 0.05) is 11.1 Å². The van der Waals surface area contributed by atoms with E-state index in [0.29, 0.717) is 13.1 Å². The van der Waals surface area contributed by atoms with Crippen molar-refractivity contribution in [2.45, 2.75) is 12.8 Å². The number of rotatable bonds is 6. The smallest absolute Gasteiger partial charge is 0.231 e. The number of ether oxygens (including phenoxy) is 4. The second-order valence-corrected chi connectivity index (χ2v) is 9.21. The first kappa shape index (κ1) is 23.9. The molecule has 0 aromatic heterocycles. The molecule has 2 aliphatic rings. The quantitative estimate of drug-likeness (QED) is 0.364. The first-order valence-electron chi connectivity index (χ1n) is 12.7. The van der Waals surface area contributed by atoms with Gasteiger partial charge in [-0.2, -0.15) is 0 Å². The minimum Gasteiger partial charge on any atom is -0.454 e. The van der Waals surface area contributed by atoms with E-state index in [-0.39, 0.29) is 13.6 Å². The highest BCUT2D eigenvalue weighted by Gasteiger charge is 2.19. The van der Waals surface area contributed by atoms with E-state index in [4.69, 9.17) is 30.4 Å². The third kappa shape index (κ3) is 4.78. The molecule has 0 unspecified atom stereocenters. The highest BCUT2D eigenvalue weighted by molar-refractivity contribution is 5.73. The lowest BCUT2D eigenvalue weighted by molar-refractivity contribution is 0.173. The summed E-state index contributed by atoms with van der Waals surface area (Å²) in [6.07, 6.45) is 1.53. The maximum atomic E-state index is 5.85. The lowest BCUT2D eigenvalue weighted by Crippen LogP contribution is -2.04. The molecule has 0 amide bonds. The molecule has 0 atom stereocenters. The lowest BCUT2D eigenvalue weighted by atomic mass is 9.95. The van der Waals surface area contributed by atoms with Gasteiger partial charge in [-0.1, -0.05) is 36.1 Å². The van der Waals surface area contributed by atoms with Gasteiger partial charge in [0.15, 0.2) is 23.0 Å². The van der Waals surface area contributed by atoms with Crippen molar-refractivity contribution in [2.75, 3.05) is 26.7 Å². The van der Waals surface area contributed by atoms with Gasteiger partial charge < -0.3 is 30.4 Å². The lowest BCUT2D eigenvalue weighted by Gasteiger charge is -2.11. The van der Waals surface area contributed by atoms with Gasteiger partial charge in [-0.3, -0.25) is 0 Å². The van der Waals surface area contributed by atoms with Crippen molar-refractivity contribution < 1.29 is 18.9 Å². The fourth-order valence-electron chi connectivity index (χ4n) is 4.84. The van der Waals surface area contributed by atoms with Crippen LogP contribution < -0.4 is 30.4 Å². The highest BCUT2D eigenvalue weighted by Crippen LogP contribution is 2.40. The number of benzene rings is 4. The second-order valence-electron chi connectivity index (χ2n) is 9.21. The molecule has 6 heteroatoms. The van der Waals surface area contributed by atoms with Crippen molar-refractivity contribution in [3.8, 4) is 57.1 Å². The molecule has 4 aromatic rings. The fraction of sp³-hybridized carbons (Fsp3) is 0.188. The molecule has 0 bridgehead atoms. The third-order valence-electron chi connectivity index (χ3n) is 6.77. The zero-order valence-corrected chi connectivity index (χ0v) is 21.0. The van der Waals surface area contributed by atoms with Crippen molar-refractivity contribution in [2.24, 2.45) is 11.5 Å². The normalized spacial score (nSPS) is 12.8. The Morgan fingerprint density at radius 2 is 0.895 bits per heavy atom. The first-order chi connectivity index (χ1) is 18.7. The van der Waals surface area contributed by atoms with Crippen LogP contribution in [-0.4, -0.2) is 26.7 Å². The molecule has 6 rings (SSSR count). The van der Waals surface area contributed by atoms with Crippen LogP contribution in [-0.2, 0) is 12.8 Å². The Hall–Kier alpha value is -4.44. The summed E-state index contributed by atoms with van der Waals surface area (Å²) in [5.74, 6) is 9.65. The average Bonchev–Trinajstić information content (AvgIpc) is 3.61. The van der Waals surface area contributed by atoms with E-state index in [1.54, 1.807) is 0 Å². The number of hydrogen-bond acceptors (Lipinski definition) is 6. The Balaban J connectivity index is 1.22. The van der Waals surface area contributed by atoms with Crippen LogP contribution in [0.4, 0.5) is 0 Å². The Morgan fingerprint density at radius 3 is 1.26 bits per heavy atom. The van der Waals surface area contributed by atoms with E-state index in [2.05, 4.69) is 36.1 Å². The topological polar surface area (TPSA) is 89.0 Å². The van der Waals surface area contributed by atoms with Crippen LogP contribution in [0, 0.1) is 11.8 Å². The zero-order chi connectivity index (χ0) is 25.9. The maximum absolute atomic E-state index is 5.85. The Bertz CT molecular complexity index is 1420. The van der Waals surface area contributed by atoms with Crippen molar-refractivity contribution in [3.05, 3.63) is 95.1 Å². The molecule has 0 saturated carbocycles. The molecule has 0 spiro atoms. The molecule has 4 N–H and O–H groups in total. The van der Waals surface area contributed by atoms with Gasteiger partial charge in [0.2, 0.25) is 13.6 Å². The largest absolute Gasteiger partial charge is 0.454 e. The molecule has 38 heavy (non-hydrogen) atoms. The van der Waals surface area contributed by atoms with Crippen molar-refractivity contribution in [3.63, 3.8) is 0 Å². The summed E-state index contributed by atoms with van der Waals surface area (Å²) in [4.78, 5) is 0. The first-order valence-corrected chi connectivity index (χ1v) is 12.7. The van der Waals surface area contributed by atoms with Crippen molar-refractivity contribution >= 4 is 0 Å². The average molecular weight is 505 g/mol. The predicted octanol–water partition coefficient (Wildman–Crippen LogP) is 4.88. The van der Waals surface area contributed by atoms with Gasteiger partial charge in [-0.05, 0) is 108 Å². The molecule has 0 saturated heterocycles. The van der Waals surface area contributed by atoms with Gasteiger partial charge in [-0.15, -0.1) is 0 Å². The predicted molar refractivity (Wildman–Crippen MR) is 147 cm³/mol. The van der Waals surface area contributed by atoms with Crippen LogP contribution in [0.15, 0.2) is 72.8 Å². The van der Waals surface area contributed by atoms with Crippen LogP contribution in [0.1, 0.15) is 22.3 Å². The summed E-state index contributed by atoms with van der Waals surface area (Å²) in [5, 5.41) is 0. The van der Waals surface area contributed by atoms with Crippen LogP contribution in [0.3, 0.4) is 0 Å². The monoisotopic (exact) mass is 504 g/mol. The van der Waals surface area contributed by atoms with Gasteiger partial charge in [0.1, 0.15) is 0 Å². The molecular formula is C32H28N2O4. The SMILES string of the molecule is NCCc1cc2c(cc1-c1ccc(C#Cc3ccc(-c4cc5c(cc4CCN)OCO5)cc3)cc1)OCO2. The summed E-state index contributed by atoms with van der Waals surface area (Å²) in [5.41, 5.74) is 20.3. The van der Waals surface area contributed by atoms with E-state index in [1.807, 2.05) is 48.5 Å². The van der Waals surface area contributed by atoms with Crippen LogP contribution in [0.2, 0.25) is 0 Å². The molecule has 2 heterocycles. The van der Waals surface area contributed by atoms with E-state index in [0.717, 1.165) is 80.3 Å². The zero-order valence-electron chi connectivity index (χ0n) is 21.0. The summed E-state index contributed by atoms with van der Waals surface area (Å²) < 4.78 is 22.3. The maximum Gasteiger partial charge on any atom is 0.231 e. The second kappa shape index (κ2) is 10.5. The van der Waals surface area contributed by atoms with Crippen LogP contribution in [0.25, 0.3) is 22.3 Å². The summed E-state index contributed by atoms with van der Waals surface area (Å²) in [7, 11) is 0. The van der Waals surface area contributed by atoms with Gasteiger partial charge in [0.25, 0.3) is 0 Å². The van der Waals surface area contributed by atoms with Crippen molar-refractivity contribution in [1.82, 2.24) is 0 Å². The van der Waals surface area contributed by atoms with E-state index >= 15 is 0 Å². The number of hydrogen-bond donors (Lipinski definition) is 2. The molecular weight excluding hydrogens is 476 g/mol. The van der Waals surface area contributed by atoms with Gasteiger partial charge in [0.05, 0.1) is 0 Å². The minimum atomic E-state index is 0.252. The van der Waals surface area contributed by atoms with E-state index < -0.39 is 0 Å².